The number of amides is 2. The Bertz CT molecular complexity index is 1840. The zero-order valence-corrected chi connectivity index (χ0v) is 33.0. The lowest BCUT2D eigenvalue weighted by Crippen LogP contribution is -2.25. The number of nitrogens with zero attached hydrogens (tertiary/aromatic N) is 1. The molecule has 0 aliphatic rings. The van der Waals surface area contributed by atoms with Crippen LogP contribution in [0.5, 0.6) is 0 Å². The van der Waals surface area contributed by atoms with Crippen LogP contribution in [0.4, 0.5) is 37.2 Å². The van der Waals surface area contributed by atoms with E-state index in [2.05, 4.69) is 98.6 Å². The van der Waals surface area contributed by atoms with Crippen LogP contribution in [0.25, 0.3) is 0 Å². The number of carbonyl (C=O) groups is 2. The van der Waals surface area contributed by atoms with Gasteiger partial charge in [-0.1, -0.05) is 11.6 Å². The van der Waals surface area contributed by atoms with Gasteiger partial charge in [0.15, 0.2) is 11.6 Å². The fraction of sp³-hybridized carbons (Fsp3) is 0.133. The Balaban J connectivity index is 0.000000260. The normalized spacial score (nSPS) is 10.4. The Morgan fingerprint density at radius 1 is 0.792 bits per heavy atom. The van der Waals surface area contributed by atoms with Crippen molar-refractivity contribution >= 4 is 129 Å². The molecule has 18 heteroatoms. The monoisotopic (exact) mass is 1030 g/mol. The van der Waals surface area contributed by atoms with Gasteiger partial charge in [0.1, 0.15) is 0 Å². The first-order chi connectivity index (χ1) is 22.8. The molecular weight excluding hydrogens is 1010 g/mol. The molecule has 0 fully saturated rings. The summed E-state index contributed by atoms with van der Waals surface area (Å²) in [4.78, 5) is 44.5. The highest BCUT2D eigenvalue weighted by Gasteiger charge is 2.23. The summed E-state index contributed by atoms with van der Waals surface area (Å²) in [6.45, 7) is 3.94. The summed E-state index contributed by atoms with van der Waals surface area (Å²) in [5.41, 5.74) is 5.38. The number of nitro groups is 1. The van der Waals surface area contributed by atoms with Crippen molar-refractivity contribution in [2.24, 2.45) is 0 Å². The molecule has 4 aromatic carbocycles. The van der Waals surface area contributed by atoms with E-state index in [0.29, 0.717) is 27.5 Å². The Labute approximate surface area is 322 Å². The fourth-order valence-electron chi connectivity index (χ4n) is 3.69. The van der Waals surface area contributed by atoms with Gasteiger partial charge in [0, 0.05) is 23.7 Å². The van der Waals surface area contributed by atoms with Crippen molar-refractivity contribution < 1.29 is 33.0 Å². The fourth-order valence-corrected chi connectivity index (χ4v) is 6.39. The Hall–Kier alpha value is -2.69. The number of anilines is 4. The lowest BCUT2D eigenvalue weighted by Gasteiger charge is -2.15. The topological polar surface area (TPSA) is 144 Å². The second kappa shape index (κ2) is 18.9. The molecule has 0 atom stereocenters. The number of non-ortho nitro benzene ring substituents is 1. The van der Waals surface area contributed by atoms with E-state index in [-0.39, 0.29) is 39.3 Å². The van der Waals surface area contributed by atoms with Crippen LogP contribution < -0.4 is 21.6 Å². The maximum Gasteiger partial charge on any atom is 0.277 e. The molecule has 48 heavy (non-hydrogen) atoms. The van der Waals surface area contributed by atoms with Gasteiger partial charge in [-0.15, -0.1) is 0 Å². The van der Waals surface area contributed by atoms with Gasteiger partial charge in [-0.2, -0.15) is 0 Å². The summed E-state index contributed by atoms with van der Waals surface area (Å²) in [6.07, 6.45) is 0. The number of nitrogens with one attached hydrogen (secondary N) is 4. The maximum atomic E-state index is 14.4. The van der Waals surface area contributed by atoms with Gasteiger partial charge < -0.3 is 10.6 Å². The predicted molar refractivity (Wildman–Crippen MR) is 203 cm³/mol. The zero-order chi connectivity index (χ0) is 35.5. The molecule has 0 aliphatic carbocycles. The number of rotatable bonds is 11. The highest BCUT2D eigenvalue weighted by molar-refractivity contribution is 14.1. The smallest absolute Gasteiger partial charge is 0.277 e. The number of halogens is 7. The largest absolute Gasteiger partial charge is 0.353 e. The maximum absolute atomic E-state index is 14.4. The molecule has 11 nitrogen and oxygen atoms in total. The first kappa shape index (κ1) is 39.7. The molecule has 0 radical (unpaired) electrons. The van der Waals surface area contributed by atoms with E-state index < -0.39 is 28.4 Å². The highest BCUT2D eigenvalue weighted by Crippen LogP contribution is 2.34. The second-order valence-electron chi connectivity index (χ2n) is 9.12. The molecule has 0 saturated carbocycles. The average molecular weight is 1040 g/mol. The van der Waals surface area contributed by atoms with Crippen molar-refractivity contribution in [2.45, 2.75) is 13.8 Å². The van der Waals surface area contributed by atoms with Gasteiger partial charge in [0.05, 0.1) is 61.5 Å². The summed E-state index contributed by atoms with van der Waals surface area (Å²) >= 11 is 16.7. The number of nitro benzene ring substituents is 1. The Morgan fingerprint density at radius 3 is 1.94 bits per heavy atom. The predicted octanol–water partition coefficient (Wildman–Crippen LogP) is 9.80. The van der Waals surface area contributed by atoms with E-state index in [1.54, 1.807) is 44.2 Å². The molecule has 4 N–H and O–H groups in total. The summed E-state index contributed by atoms with van der Waals surface area (Å²) in [6, 6.07) is 15.6. The first-order valence-corrected chi connectivity index (χ1v) is 17.6. The van der Waals surface area contributed by atoms with Gasteiger partial charge in [-0.3, -0.25) is 29.4 Å². The van der Waals surface area contributed by atoms with E-state index in [0.717, 1.165) is 7.14 Å². The van der Waals surface area contributed by atoms with Crippen LogP contribution in [0.3, 0.4) is 0 Å². The molecular formula is C30H24Br2ClF2I2N5O6. The van der Waals surface area contributed by atoms with Gasteiger partial charge in [-0.25, -0.2) is 19.7 Å². The van der Waals surface area contributed by atoms with E-state index in [1.807, 2.05) is 6.07 Å². The minimum Gasteiger partial charge on any atom is -0.353 e. The third-order valence-corrected chi connectivity index (χ3v) is 8.76. The molecule has 254 valence electrons. The Kier molecular flexibility index (Phi) is 15.7. The first-order valence-electron chi connectivity index (χ1n) is 13.5. The van der Waals surface area contributed by atoms with Gasteiger partial charge in [0.2, 0.25) is 0 Å². The van der Waals surface area contributed by atoms with Crippen molar-refractivity contribution in [3.8, 4) is 0 Å². The molecule has 0 unspecified atom stereocenters. The summed E-state index contributed by atoms with van der Waals surface area (Å²) in [5, 5.41) is 17.2. The van der Waals surface area contributed by atoms with Gasteiger partial charge in [-0.05, 0) is 139 Å². The van der Waals surface area contributed by atoms with Crippen LogP contribution >= 0.6 is 88.6 Å². The van der Waals surface area contributed by atoms with Crippen molar-refractivity contribution in [1.82, 2.24) is 11.0 Å². The third-order valence-electron chi connectivity index (χ3n) is 5.88. The third kappa shape index (κ3) is 10.9. The van der Waals surface area contributed by atoms with Crippen molar-refractivity contribution in [1.29, 1.82) is 0 Å². The molecule has 2 amide bonds. The number of hydrogen-bond acceptors (Lipinski definition) is 8. The lowest BCUT2D eigenvalue weighted by molar-refractivity contribution is -0.384. The van der Waals surface area contributed by atoms with Crippen LogP contribution in [-0.4, -0.2) is 30.0 Å². The standard InChI is InChI=1S/C15H11Br2F2IN2O2.C15H13ClIN3O4/c1-2-24-22-15(23)8-6-10(17)12(18)13(19)14(8)21-11-4-3-7(20)5-9(11)16;1-2-24-19-15(21)11-5-4-10(20(22)23)8-14(11)18-13-6-3-9(17)7-12(13)16/h3-6,21H,2H2,1H3,(H,22,23);3-8,18H,2H2,1H3,(H,19,21). The molecule has 0 spiro atoms. The zero-order valence-electron chi connectivity index (χ0n) is 24.7. The molecule has 0 aliphatic heterocycles. The molecule has 4 rings (SSSR count). The van der Waals surface area contributed by atoms with Crippen molar-refractivity contribution in [2.75, 3.05) is 23.8 Å². The lowest BCUT2D eigenvalue weighted by atomic mass is 10.1. The molecule has 0 saturated heterocycles. The van der Waals surface area contributed by atoms with Crippen LogP contribution in [0, 0.1) is 28.9 Å². The minimum absolute atomic E-state index is 0.0975. The minimum atomic E-state index is -1.17. The number of carbonyl (C=O) groups excluding carboxylic acids is 2. The van der Waals surface area contributed by atoms with Crippen LogP contribution in [-0.2, 0) is 9.68 Å². The van der Waals surface area contributed by atoms with Crippen LogP contribution in [0.1, 0.15) is 34.6 Å². The average Bonchev–Trinajstić information content (AvgIpc) is 3.05. The molecule has 0 aromatic heterocycles. The summed E-state index contributed by atoms with van der Waals surface area (Å²) in [7, 11) is 0. The quantitative estimate of drug-likeness (QED) is 0.0504. The SMILES string of the molecule is CCONC(=O)c1cc(Br)c(F)c(F)c1Nc1ccc(I)cc1Br.CCONC(=O)c1ccc([N+](=O)[O-])cc1Nc1ccc(I)cc1Cl. The second-order valence-corrected chi connectivity index (χ2v) is 13.7. The highest BCUT2D eigenvalue weighted by atomic mass is 127. The number of benzene rings is 4. The van der Waals surface area contributed by atoms with E-state index in [4.69, 9.17) is 21.3 Å². The van der Waals surface area contributed by atoms with Crippen molar-refractivity contribution in [3.05, 3.63) is 115 Å². The van der Waals surface area contributed by atoms with E-state index in [1.165, 1.54) is 24.3 Å². The molecule has 0 bridgehead atoms. The van der Waals surface area contributed by atoms with Gasteiger partial charge in [0.25, 0.3) is 17.5 Å². The summed E-state index contributed by atoms with van der Waals surface area (Å²) < 4.78 is 30.7. The Morgan fingerprint density at radius 2 is 1.38 bits per heavy atom. The number of hydrogen-bond donors (Lipinski definition) is 4. The van der Waals surface area contributed by atoms with Gasteiger partial charge >= 0.3 is 0 Å². The molecule has 4 aromatic rings. The number of hydroxylamine groups is 2. The van der Waals surface area contributed by atoms with Crippen molar-refractivity contribution in [3.63, 3.8) is 0 Å². The van der Waals surface area contributed by atoms with E-state index in [9.17, 15) is 28.5 Å². The molecule has 0 heterocycles. The summed E-state index contributed by atoms with van der Waals surface area (Å²) in [5.74, 6) is -3.47. The van der Waals surface area contributed by atoms with Crippen LogP contribution in [0.2, 0.25) is 5.02 Å². The van der Waals surface area contributed by atoms with Crippen LogP contribution in [0.15, 0.2) is 69.6 Å². The van der Waals surface area contributed by atoms with E-state index >= 15 is 0 Å².